The van der Waals surface area contributed by atoms with Gasteiger partial charge in [0.2, 0.25) is 5.76 Å². The first kappa shape index (κ1) is 14.1. The van der Waals surface area contributed by atoms with Crippen LogP contribution in [0.1, 0.15) is 41.8 Å². The number of furan rings is 1. The van der Waals surface area contributed by atoms with Gasteiger partial charge in [-0.2, -0.15) is 0 Å². The van der Waals surface area contributed by atoms with Gasteiger partial charge in [-0.1, -0.05) is 18.9 Å². The van der Waals surface area contributed by atoms with Crippen LogP contribution in [0.15, 0.2) is 28.7 Å². The highest BCUT2D eigenvalue weighted by atomic mass is 16.4. The van der Waals surface area contributed by atoms with E-state index in [9.17, 15) is 4.79 Å². The van der Waals surface area contributed by atoms with E-state index in [2.05, 4.69) is 11.9 Å². The molecule has 3 rings (SSSR count). The standard InChI is InChI=1S/C17H21NO3/c1-18(10-12-4-2-3-5-12)11-13-6-7-15-14(8-13)9-16(21-15)17(19)20/h6-9,12H,2-5,10-11H2,1H3,(H,19,20). The number of carboxylic acid groups (broad SMARTS) is 1. The molecule has 4 nitrogen and oxygen atoms in total. The molecule has 1 fully saturated rings. The predicted molar refractivity (Wildman–Crippen MR) is 81.5 cm³/mol. The lowest BCUT2D eigenvalue weighted by Crippen LogP contribution is -2.24. The summed E-state index contributed by atoms with van der Waals surface area (Å²) in [5.74, 6) is -0.182. The quantitative estimate of drug-likeness (QED) is 0.910. The van der Waals surface area contributed by atoms with Crippen LogP contribution in [0.5, 0.6) is 0 Å². The van der Waals surface area contributed by atoms with Gasteiger partial charge >= 0.3 is 5.97 Å². The maximum atomic E-state index is 10.9. The Morgan fingerprint density at radius 3 is 2.81 bits per heavy atom. The van der Waals surface area contributed by atoms with Gasteiger partial charge in [0.25, 0.3) is 0 Å². The number of benzene rings is 1. The SMILES string of the molecule is CN(Cc1ccc2oc(C(=O)O)cc2c1)CC1CCCC1. The maximum Gasteiger partial charge on any atom is 0.371 e. The third-order valence-corrected chi connectivity index (χ3v) is 4.29. The minimum absolute atomic E-state index is 0.00135. The number of hydrogen-bond acceptors (Lipinski definition) is 3. The fourth-order valence-electron chi connectivity index (χ4n) is 3.31. The van der Waals surface area contributed by atoms with Crippen LogP contribution in [-0.2, 0) is 6.54 Å². The van der Waals surface area contributed by atoms with Crippen LogP contribution < -0.4 is 0 Å². The van der Waals surface area contributed by atoms with E-state index in [0.717, 1.165) is 24.4 Å². The molecule has 2 aromatic rings. The van der Waals surface area contributed by atoms with E-state index < -0.39 is 5.97 Å². The molecule has 21 heavy (non-hydrogen) atoms. The van der Waals surface area contributed by atoms with E-state index in [-0.39, 0.29) is 5.76 Å². The van der Waals surface area contributed by atoms with Crippen LogP contribution in [0.4, 0.5) is 0 Å². The van der Waals surface area contributed by atoms with E-state index in [4.69, 9.17) is 9.52 Å². The highest BCUT2D eigenvalue weighted by molar-refractivity contribution is 5.91. The monoisotopic (exact) mass is 287 g/mol. The van der Waals surface area contributed by atoms with Crippen molar-refractivity contribution >= 4 is 16.9 Å². The first-order valence-corrected chi connectivity index (χ1v) is 7.56. The smallest absolute Gasteiger partial charge is 0.371 e. The summed E-state index contributed by atoms with van der Waals surface area (Å²) in [7, 11) is 2.15. The number of hydrogen-bond donors (Lipinski definition) is 1. The van der Waals surface area contributed by atoms with Gasteiger partial charge in [-0.25, -0.2) is 4.79 Å². The maximum absolute atomic E-state index is 10.9. The Morgan fingerprint density at radius 1 is 1.33 bits per heavy atom. The van der Waals surface area contributed by atoms with Crippen molar-refractivity contribution in [3.8, 4) is 0 Å². The summed E-state index contributed by atoms with van der Waals surface area (Å²) in [5.41, 5.74) is 1.83. The zero-order chi connectivity index (χ0) is 14.8. The first-order valence-electron chi connectivity index (χ1n) is 7.56. The molecule has 1 N–H and O–H groups in total. The number of aromatic carboxylic acids is 1. The van der Waals surface area contributed by atoms with Gasteiger partial charge in [0.15, 0.2) is 0 Å². The molecular formula is C17H21NO3. The molecule has 0 unspecified atom stereocenters. The van der Waals surface area contributed by atoms with Gasteiger partial charge in [0.05, 0.1) is 0 Å². The summed E-state index contributed by atoms with van der Waals surface area (Å²) in [4.78, 5) is 13.3. The molecule has 0 radical (unpaired) electrons. The van der Waals surface area contributed by atoms with Crippen LogP contribution >= 0.6 is 0 Å². The molecule has 0 spiro atoms. The molecule has 0 saturated heterocycles. The zero-order valence-electron chi connectivity index (χ0n) is 12.3. The Labute approximate surface area is 124 Å². The summed E-state index contributed by atoms with van der Waals surface area (Å²) >= 11 is 0. The Hall–Kier alpha value is -1.81. The molecule has 1 aromatic heterocycles. The highest BCUT2D eigenvalue weighted by Crippen LogP contribution is 2.26. The van der Waals surface area contributed by atoms with Gasteiger partial charge < -0.3 is 14.4 Å². The number of nitrogens with zero attached hydrogens (tertiary/aromatic N) is 1. The second-order valence-electron chi connectivity index (χ2n) is 6.14. The molecule has 0 aliphatic heterocycles. The lowest BCUT2D eigenvalue weighted by Gasteiger charge is -2.20. The largest absolute Gasteiger partial charge is 0.475 e. The molecule has 0 bridgehead atoms. The molecule has 112 valence electrons. The van der Waals surface area contributed by atoms with E-state index >= 15 is 0 Å². The van der Waals surface area contributed by atoms with Crippen molar-refractivity contribution in [2.45, 2.75) is 32.2 Å². The van der Waals surface area contributed by atoms with Crippen LogP contribution in [0.25, 0.3) is 11.0 Å². The molecule has 1 aromatic carbocycles. The first-order chi connectivity index (χ1) is 10.1. The third kappa shape index (κ3) is 3.27. The van der Waals surface area contributed by atoms with Crippen LogP contribution in [0, 0.1) is 5.92 Å². The average molecular weight is 287 g/mol. The minimum atomic E-state index is -1.02. The Kier molecular flexibility index (Phi) is 3.97. The lowest BCUT2D eigenvalue weighted by atomic mass is 10.1. The van der Waals surface area contributed by atoms with Crippen molar-refractivity contribution in [3.63, 3.8) is 0 Å². The molecule has 1 aliphatic carbocycles. The minimum Gasteiger partial charge on any atom is -0.475 e. The normalized spacial score (nSPS) is 16.1. The Balaban J connectivity index is 1.69. The second kappa shape index (κ2) is 5.90. The zero-order valence-corrected chi connectivity index (χ0v) is 12.3. The topological polar surface area (TPSA) is 53.7 Å². The fourth-order valence-corrected chi connectivity index (χ4v) is 3.31. The lowest BCUT2D eigenvalue weighted by molar-refractivity contribution is 0.0665. The molecule has 1 heterocycles. The molecule has 4 heteroatoms. The summed E-state index contributed by atoms with van der Waals surface area (Å²) in [5, 5.41) is 9.82. The second-order valence-corrected chi connectivity index (χ2v) is 6.14. The van der Waals surface area contributed by atoms with Crippen LogP contribution in [0.3, 0.4) is 0 Å². The van der Waals surface area contributed by atoms with E-state index in [1.807, 2.05) is 18.2 Å². The van der Waals surface area contributed by atoms with Gasteiger partial charge in [-0.3, -0.25) is 0 Å². The molecule has 0 amide bonds. The van der Waals surface area contributed by atoms with Gasteiger partial charge in [0.1, 0.15) is 5.58 Å². The van der Waals surface area contributed by atoms with E-state index in [1.165, 1.54) is 31.2 Å². The van der Waals surface area contributed by atoms with Crippen molar-refractivity contribution in [3.05, 3.63) is 35.6 Å². The summed E-state index contributed by atoms with van der Waals surface area (Å²) < 4.78 is 5.28. The Morgan fingerprint density at radius 2 is 2.10 bits per heavy atom. The summed E-state index contributed by atoms with van der Waals surface area (Å²) in [6.07, 6.45) is 5.45. The average Bonchev–Trinajstić information content (AvgIpc) is 3.06. The number of rotatable bonds is 5. The van der Waals surface area contributed by atoms with Gasteiger partial charge in [0, 0.05) is 18.5 Å². The van der Waals surface area contributed by atoms with Crippen molar-refractivity contribution in [2.24, 2.45) is 5.92 Å². The fraction of sp³-hybridized carbons (Fsp3) is 0.471. The summed E-state index contributed by atoms with van der Waals surface area (Å²) in [6, 6.07) is 7.50. The summed E-state index contributed by atoms with van der Waals surface area (Å²) in [6.45, 7) is 2.03. The highest BCUT2D eigenvalue weighted by Gasteiger charge is 2.17. The van der Waals surface area contributed by atoms with E-state index in [1.54, 1.807) is 6.07 Å². The number of carboxylic acids is 1. The van der Waals surface area contributed by atoms with Gasteiger partial charge in [-0.05, 0) is 49.6 Å². The molecule has 0 atom stereocenters. The number of carbonyl (C=O) groups is 1. The van der Waals surface area contributed by atoms with Crippen LogP contribution in [0.2, 0.25) is 0 Å². The van der Waals surface area contributed by atoms with Crippen molar-refractivity contribution in [1.82, 2.24) is 4.90 Å². The van der Waals surface area contributed by atoms with E-state index in [0.29, 0.717) is 5.58 Å². The predicted octanol–water partition coefficient (Wildman–Crippen LogP) is 3.75. The van der Waals surface area contributed by atoms with Crippen molar-refractivity contribution in [2.75, 3.05) is 13.6 Å². The van der Waals surface area contributed by atoms with Gasteiger partial charge in [-0.15, -0.1) is 0 Å². The molecule has 1 saturated carbocycles. The van der Waals surface area contributed by atoms with Crippen molar-refractivity contribution < 1.29 is 14.3 Å². The molecular weight excluding hydrogens is 266 g/mol. The Bertz CT molecular complexity index is 641. The van der Waals surface area contributed by atoms with Crippen molar-refractivity contribution in [1.29, 1.82) is 0 Å². The number of fused-ring (bicyclic) bond motifs is 1. The third-order valence-electron chi connectivity index (χ3n) is 4.29. The van der Waals surface area contributed by atoms with Crippen LogP contribution in [-0.4, -0.2) is 29.6 Å². The molecule has 1 aliphatic rings.